The molecule has 1 aromatic rings. The average Bonchev–Trinajstić information content (AvgIpc) is 2.58. The fourth-order valence-electron chi connectivity index (χ4n) is 1.17. The van der Waals surface area contributed by atoms with Crippen LogP contribution in [-0.2, 0) is 11.8 Å². The summed E-state index contributed by atoms with van der Waals surface area (Å²) in [6, 6.07) is 1.83. The van der Waals surface area contributed by atoms with Gasteiger partial charge < -0.3 is 10.4 Å². The lowest BCUT2D eigenvalue weighted by Crippen LogP contribution is -2.05. The normalized spacial score (nSPS) is 11.5. The highest BCUT2D eigenvalue weighted by atomic mass is 16.4. The molecule has 0 bridgehead atoms. The number of hydrogen-bond donors (Lipinski definition) is 2. The van der Waals surface area contributed by atoms with Gasteiger partial charge in [0.15, 0.2) is 0 Å². The maximum Gasteiger partial charge on any atom is 0.331 e. The lowest BCUT2D eigenvalue weighted by atomic mass is 10.2. The molecule has 0 unspecified atom stereocenters. The summed E-state index contributed by atoms with van der Waals surface area (Å²) in [6.07, 6.45) is 4.01. The minimum absolute atomic E-state index is 0.415. The number of carboxylic acid groups (broad SMARTS) is 1. The topological polar surface area (TPSA) is 67.2 Å². The zero-order valence-electron chi connectivity index (χ0n) is 8.90. The molecule has 15 heavy (non-hydrogen) atoms. The number of carbonyl (C=O) groups is 1. The molecule has 0 aliphatic rings. The second-order valence-electron chi connectivity index (χ2n) is 3.14. The molecular formula is C10H15N3O2. The smallest absolute Gasteiger partial charge is 0.331 e. The zero-order chi connectivity index (χ0) is 11.3. The van der Waals surface area contributed by atoms with E-state index in [9.17, 15) is 4.79 Å². The highest BCUT2D eigenvalue weighted by Crippen LogP contribution is 2.03. The maximum atomic E-state index is 10.7. The number of aliphatic carboxylic acids is 1. The Labute approximate surface area is 88.4 Å². The largest absolute Gasteiger partial charge is 0.478 e. The second-order valence-corrected chi connectivity index (χ2v) is 3.14. The Morgan fingerprint density at radius 2 is 2.47 bits per heavy atom. The first-order valence-corrected chi connectivity index (χ1v) is 4.79. The highest BCUT2D eigenvalue weighted by Gasteiger charge is 2.02. The van der Waals surface area contributed by atoms with Crippen molar-refractivity contribution >= 4 is 11.8 Å². The molecule has 0 spiro atoms. The molecule has 0 aromatic carbocycles. The number of nitrogens with one attached hydrogen (secondary N) is 1. The minimum atomic E-state index is -0.861. The Balaban J connectivity index is 2.47. The van der Waals surface area contributed by atoms with Crippen molar-refractivity contribution < 1.29 is 9.90 Å². The number of aromatic nitrogens is 2. The molecule has 1 heterocycles. The van der Waals surface area contributed by atoms with E-state index in [2.05, 4.69) is 10.4 Å². The molecule has 0 saturated carbocycles. The van der Waals surface area contributed by atoms with Crippen molar-refractivity contribution in [1.29, 1.82) is 0 Å². The average molecular weight is 209 g/mol. The quantitative estimate of drug-likeness (QED) is 0.716. The molecule has 5 heteroatoms. The minimum Gasteiger partial charge on any atom is -0.478 e. The van der Waals surface area contributed by atoms with Gasteiger partial charge in [0.2, 0.25) is 0 Å². The number of hydrogen-bond acceptors (Lipinski definition) is 3. The lowest BCUT2D eigenvalue weighted by molar-refractivity contribution is -0.132. The lowest BCUT2D eigenvalue weighted by Gasteiger charge is -2.00. The van der Waals surface area contributed by atoms with Crippen molar-refractivity contribution in [3.8, 4) is 0 Å². The molecule has 0 saturated heterocycles. The molecular weight excluding hydrogens is 194 g/mol. The van der Waals surface area contributed by atoms with Crippen LogP contribution in [0.15, 0.2) is 23.9 Å². The number of rotatable bonds is 5. The van der Waals surface area contributed by atoms with Crippen LogP contribution in [0.2, 0.25) is 0 Å². The van der Waals surface area contributed by atoms with Crippen molar-refractivity contribution in [3.05, 3.63) is 23.9 Å². The summed E-state index contributed by atoms with van der Waals surface area (Å²) in [5.41, 5.74) is 0.415. The molecule has 0 radical (unpaired) electrons. The van der Waals surface area contributed by atoms with Crippen LogP contribution in [0, 0.1) is 0 Å². The molecule has 2 N–H and O–H groups in total. The van der Waals surface area contributed by atoms with Crippen LogP contribution >= 0.6 is 0 Å². The van der Waals surface area contributed by atoms with E-state index < -0.39 is 5.97 Å². The fraction of sp³-hybridized carbons (Fsp3) is 0.400. The standard InChI is InChI=1S/C10H15N3O2/c1-3-8(10(14)15)4-6-11-9-5-7-13(2)12-9/h4-5,7H,3,6H2,1-2H3,(H,11,12)(H,14,15)/b8-4-. The van der Waals surface area contributed by atoms with Crippen LogP contribution in [0.3, 0.4) is 0 Å². The predicted molar refractivity (Wildman–Crippen MR) is 57.7 cm³/mol. The van der Waals surface area contributed by atoms with Gasteiger partial charge in [-0.2, -0.15) is 5.10 Å². The summed E-state index contributed by atoms with van der Waals surface area (Å²) < 4.78 is 1.68. The number of carboxylic acids is 1. The van der Waals surface area contributed by atoms with E-state index in [1.807, 2.05) is 26.2 Å². The third-order valence-electron chi connectivity index (χ3n) is 2.00. The van der Waals surface area contributed by atoms with Gasteiger partial charge in [0.25, 0.3) is 0 Å². The predicted octanol–water partition coefficient (Wildman–Crippen LogP) is 1.25. The van der Waals surface area contributed by atoms with Gasteiger partial charge in [-0.3, -0.25) is 4.68 Å². The molecule has 5 nitrogen and oxygen atoms in total. The number of aryl methyl sites for hydroxylation is 1. The summed E-state index contributed by atoms with van der Waals surface area (Å²) in [7, 11) is 1.83. The van der Waals surface area contributed by atoms with Crippen LogP contribution < -0.4 is 5.32 Å². The van der Waals surface area contributed by atoms with E-state index in [1.54, 1.807) is 10.8 Å². The van der Waals surface area contributed by atoms with E-state index in [1.165, 1.54) is 0 Å². The number of nitrogens with zero attached hydrogens (tertiary/aromatic N) is 2. The van der Waals surface area contributed by atoms with Crippen LogP contribution in [0.5, 0.6) is 0 Å². The summed E-state index contributed by atoms with van der Waals surface area (Å²) in [5, 5.41) is 15.9. The van der Waals surface area contributed by atoms with Crippen LogP contribution in [0.4, 0.5) is 5.82 Å². The summed E-state index contributed by atoms with van der Waals surface area (Å²) in [4.78, 5) is 10.7. The first-order valence-electron chi connectivity index (χ1n) is 4.79. The molecule has 1 rings (SSSR count). The van der Waals surface area contributed by atoms with Crippen LogP contribution in [-0.4, -0.2) is 27.4 Å². The number of anilines is 1. The van der Waals surface area contributed by atoms with E-state index in [0.717, 1.165) is 5.82 Å². The van der Waals surface area contributed by atoms with Crippen LogP contribution in [0.1, 0.15) is 13.3 Å². The molecule has 0 aliphatic heterocycles. The van der Waals surface area contributed by atoms with Crippen LogP contribution in [0.25, 0.3) is 0 Å². The van der Waals surface area contributed by atoms with Crippen molar-refractivity contribution in [2.45, 2.75) is 13.3 Å². The monoisotopic (exact) mass is 209 g/mol. The maximum absolute atomic E-state index is 10.7. The third kappa shape index (κ3) is 3.46. The molecule has 0 amide bonds. The second kappa shape index (κ2) is 5.19. The van der Waals surface area contributed by atoms with Crippen molar-refractivity contribution in [1.82, 2.24) is 9.78 Å². The SMILES string of the molecule is CC/C(=C/CNc1ccn(C)n1)C(=O)O. The Hall–Kier alpha value is -1.78. The Bertz CT molecular complexity index is 368. The highest BCUT2D eigenvalue weighted by molar-refractivity contribution is 5.86. The summed E-state index contributed by atoms with van der Waals surface area (Å²) in [5.74, 6) is -0.116. The van der Waals surface area contributed by atoms with Gasteiger partial charge in [0.05, 0.1) is 0 Å². The molecule has 0 aliphatic carbocycles. The van der Waals surface area contributed by atoms with Gasteiger partial charge in [-0.25, -0.2) is 4.79 Å². The van der Waals surface area contributed by atoms with Gasteiger partial charge in [-0.05, 0) is 6.42 Å². The van der Waals surface area contributed by atoms with E-state index >= 15 is 0 Å². The van der Waals surface area contributed by atoms with Crippen molar-refractivity contribution in [3.63, 3.8) is 0 Å². The zero-order valence-corrected chi connectivity index (χ0v) is 8.90. The first-order chi connectivity index (χ1) is 7.13. The Morgan fingerprint density at radius 3 is 2.93 bits per heavy atom. The third-order valence-corrected chi connectivity index (χ3v) is 2.00. The van der Waals surface area contributed by atoms with E-state index in [0.29, 0.717) is 18.5 Å². The molecule has 1 aromatic heterocycles. The van der Waals surface area contributed by atoms with E-state index in [-0.39, 0.29) is 0 Å². The molecule has 0 fully saturated rings. The van der Waals surface area contributed by atoms with Crippen molar-refractivity contribution in [2.75, 3.05) is 11.9 Å². The Kier molecular flexibility index (Phi) is 3.91. The van der Waals surface area contributed by atoms with Crippen molar-refractivity contribution in [2.24, 2.45) is 7.05 Å². The van der Waals surface area contributed by atoms with Gasteiger partial charge in [0, 0.05) is 31.4 Å². The summed E-state index contributed by atoms with van der Waals surface area (Å²) >= 11 is 0. The fourth-order valence-corrected chi connectivity index (χ4v) is 1.17. The molecule has 0 atom stereocenters. The van der Waals surface area contributed by atoms with Gasteiger partial charge in [0.1, 0.15) is 5.82 Å². The van der Waals surface area contributed by atoms with Gasteiger partial charge in [-0.15, -0.1) is 0 Å². The van der Waals surface area contributed by atoms with E-state index in [4.69, 9.17) is 5.11 Å². The Morgan fingerprint density at radius 1 is 1.73 bits per heavy atom. The summed E-state index contributed by atoms with van der Waals surface area (Å²) in [6.45, 7) is 2.30. The molecule has 82 valence electrons. The van der Waals surface area contributed by atoms with Gasteiger partial charge in [-0.1, -0.05) is 13.0 Å². The first kappa shape index (κ1) is 11.3. The van der Waals surface area contributed by atoms with Gasteiger partial charge >= 0.3 is 5.97 Å².